The molecule has 0 saturated heterocycles. The fourth-order valence-electron chi connectivity index (χ4n) is 9.50. The zero-order chi connectivity index (χ0) is 35.8. The van der Waals surface area contributed by atoms with E-state index in [1.807, 2.05) is 0 Å². The number of hydrogen-bond donors (Lipinski definition) is 0. The molecule has 8 rings (SSSR count). The van der Waals surface area contributed by atoms with E-state index in [2.05, 4.69) is 191 Å². The first kappa shape index (κ1) is 32.9. The molecule has 0 atom stereocenters. The predicted octanol–water partition coefficient (Wildman–Crippen LogP) is 13.8. The molecule has 0 saturated carbocycles. The quantitative estimate of drug-likeness (QED) is 0.187. The van der Waals surface area contributed by atoms with Gasteiger partial charge in [-0.25, -0.2) is 0 Å². The molecule has 0 aromatic heterocycles. The molecule has 0 fully saturated rings. The van der Waals surface area contributed by atoms with Gasteiger partial charge in [-0.15, -0.1) is 0 Å². The molecule has 0 amide bonds. The van der Waals surface area contributed by atoms with Gasteiger partial charge in [-0.05, 0) is 113 Å². The van der Waals surface area contributed by atoms with Crippen molar-refractivity contribution in [2.75, 3.05) is 4.90 Å². The fourth-order valence-corrected chi connectivity index (χ4v) is 9.50. The number of fused-ring (bicyclic) bond motifs is 4. The molecule has 0 radical (unpaired) electrons. The van der Waals surface area contributed by atoms with Crippen molar-refractivity contribution in [3.8, 4) is 33.8 Å². The first-order valence-corrected chi connectivity index (χ1v) is 18.4. The predicted molar refractivity (Wildman–Crippen MR) is 212 cm³/mol. The minimum absolute atomic E-state index is 0.0445. The lowest BCUT2D eigenvalue weighted by molar-refractivity contribution is 0.125. The largest absolute Gasteiger partial charge is 0.453 e. The first-order chi connectivity index (χ1) is 23.3. The summed E-state index contributed by atoms with van der Waals surface area (Å²) in [4.78, 5) is 2.38. The van der Waals surface area contributed by atoms with Crippen LogP contribution in [0.15, 0.2) is 103 Å². The van der Waals surface area contributed by atoms with E-state index in [-0.39, 0.29) is 32.5 Å². The Bertz CT molecular complexity index is 2060. The molecule has 1 aliphatic heterocycles. The van der Waals surface area contributed by atoms with Crippen LogP contribution in [0.25, 0.3) is 22.3 Å². The van der Waals surface area contributed by atoms with Crippen LogP contribution in [0.2, 0.25) is 0 Å². The molecule has 0 spiro atoms. The summed E-state index contributed by atoms with van der Waals surface area (Å²) in [5, 5.41) is 0. The normalized spacial score (nSPS) is 20.7. The monoisotopic (exact) mass is 659 g/mol. The molecule has 1 heterocycles. The highest BCUT2D eigenvalue weighted by atomic mass is 16.5. The van der Waals surface area contributed by atoms with Crippen molar-refractivity contribution in [3.05, 3.63) is 125 Å². The summed E-state index contributed by atoms with van der Waals surface area (Å²) < 4.78 is 6.69. The van der Waals surface area contributed by atoms with Crippen molar-refractivity contribution in [3.63, 3.8) is 0 Å². The molecule has 256 valence electrons. The van der Waals surface area contributed by atoms with Gasteiger partial charge in [-0.1, -0.05) is 150 Å². The molecule has 50 heavy (non-hydrogen) atoms. The lowest BCUT2D eigenvalue weighted by Crippen LogP contribution is -2.42. The Morgan fingerprint density at radius 1 is 0.380 bits per heavy atom. The summed E-state index contributed by atoms with van der Waals surface area (Å²) in [6.07, 6.45) is 0. The molecule has 2 heteroatoms. The second-order valence-electron chi connectivity index (χ2n) is 18.4. The number of rotatable bonds is 3. The summed E-state index contributed by atoms with van der Waals surface area (Å²) in [5.41, 5.74) is 14.4. The molecule has 0 bridgehead atoms. The second-order valence-corrected chi connectivity index (χ2v) is 18.4. The van der Waals surface area contributed by atoms with E-state index in [0.717, 1.165) is 28.6 Å². The van der Waals surface area contributed by atoms with Gasteiger partial charge in [0.05, 0.1) is 11.4 Å². The average molecular weight is 660 g/mol. The van der Waals surface area contributed by atoms with Gasteiger partial charge in [-0.2, -0.15) is 0 Å². The molecule has 0 unspecified atom stereocenters. The van der Waals surface area contributed by atoms with E-state index in [9.17, 15) is 0 Å². The van der Waals surface area contributed by atoms with E-state index < -0.39 is 0 Å². The first-order valence-electron chi connectivity index (χ1n) is 18.4. The van der Waals surface area contributed by atoms with Crippen molar-refractivity contribution in [1.29, 1.82) is 0 Å². The lowest BCUT2D eigenvalue weighted by atomic mass is 9.59. The smallest absolute Gasteiger partial charge is 0.151 e. The molecular weight excluding hydrogens is 607 g/mol. The maximum Gasteiger partial charge on any atom is 0.151 e. The number of hydrogen-bond acceptors (Lipinski definition) is 2. The van der Waals surface area contributed by atoms with Gasteiger partial charge < -0.3 is 9.64 Å². The number of anilines is 3. The Morgan fingerprint density at radius 3 is 1.16 bits per heavy atom. The Hall–Kier alpha value is -4.30. The van der Waals surface area contributed by atoms with Crippen LogP contribution in [0.1, 0.15) is 105 Å². The van der Waals surface area contributed by atoms with Gasteiger partial charge in [0.15, 0.2) is 11.5 Å². The van der Waals surface area contributed by atoms with Crippen molar-refractivity contribution in [2.45, 2.75) is 105 Å². The molecule has 2 nitrogen and oxygen atoms in total. The fraction of sp³-hybridized carbons (Fsp3) is 0.375. The standard InChI is InChI=1S/C48H53NO/c1-43(2)35-22-18-30(26-37(35)45(5,6)47(43,9)10)32-20-24-41-39(28-32)49(34-16-14-13-15-17-34)40-29-33(21-25-42(40)50-41)31-19-23-36-38(27-31)46(7,8)48(11,12)44(36,3)4/h13-29H,1-12H3. The van der Waals surface area contributed by atoms with Gasteiger partial charge >= 0.3 is 0 Å². The highest BCUT2D eigenvalue weighted by molar-refractivity contribution is 5.90. The SMILES string of the molecule is CC1(C)c2ccc(-c3ccc4c(c3)N(c3ccccc3)c3cc(-c5ccc6c(c5)C(C)(C)C(C)(C)C6(C)C)ccc3O4)cc2C(C)(C)C1(C)C. The van der Waals surface area contributed by atoms with Gasteiger partial charge in [0, 0.05) is 5.69 Å². The van der Waals surface area contributed by atoms with Crippen molar-refractivity contribution >= 4 is 17.1 Å². The Kier molecular flexibility index (Phi) is 6.68. The van der Waals surface area contributed by atoms with E-state index in [4.69, 9.17) is 4.74 Å². The van der Waals surface area contributed by atoms with E-state index in [1.54, 1.807) is 0 Å². The maximum absolute atomic E-state index is 6.69. The zero-order valence-electron chi connectivity index (χ0n) is 32.2. The number of nitrogens with zero attached hydrogens (tertiary/aromatic N) is 1. The van der Waals surface area contributed by atoms with Crippen LogP contribution >= 0.6 is 0 Å². The molecule has 2 aliphatic carbocycles. The average Bonchev–Trinajstić information content (AvgIpc) is 3.26. The van der Waals surface area contributed by atoms with Crippen LogP contribution in [0.5, 0.6) is 11.5 Å². The van der Waals surface area contributed by atoms with Crippen LogP contribution in [0, 0.1) is 10.8 Å². The van der Waals surface area contributed by atoms with E-state index in [0.29, 0.717) is 0 Å². The maximum atomic E-state index is 6.69. The summed E-state index contributed by atoms with van der Waals surface area (Å²) in [6, 6.07) is 38.4. The minimum Gasteiger partial charge on any atom is -0.453 e. The molecule has 5 aromatic rings. The third kappa shape index (κ3) is 4.08. The third-order valence-electron chi connectivity index (χ3n) is 15.3. The van der Waals surface area contributed by atoms with Crippen molar-refractivity contribution < 1.29 is 4.74 Å². The van der Waals surface area contributed by atoms with E-state index >= 15 is 0 Å². The lowest BCUT2D eigenvalue weighted by Gasteiger charge is -2.44. The topological polar surface area (TPSA) is 12.5 Å². The van der Waals surface area contributed by atoms with E-state index in [1.165, 1.54) is 44.5 Å². The summed E-state index contributed by atoms with van der Waals surface area (Å²) in [5.74, 6) is 1.73. The van der Waals surface area contributed by atoms with Crippen LogP contribution in [-0.2, 0) is 21.7 Å². The molecule has 3 aliphatic rings. The van der Waals surface area contributed by atoms with Crippen LogP contribution in [0.3, 0.4) is 0 Å². The van der Waals surface area contributed by atoms with Crippen LogP contribution < -0.4 is 9.64 Å². The summed E-state index contributed by atoms with van der Waals surface area (Å²) in [6.45, 7) is 29.0. The number of para-hydroxylation sites is 1. The Balaban J connectivity index is 1.25. The Labute approximate surface area is 300 Å². The van der Waals surface area contributed by atoms with Crippen molar-refractivity contribution in [2.24, 2.45) is 10.8 Å². The second kappa shape index (κ2) is 10.2. The highest BCUT2D eigenvalue weighted by Gasteiger charge is 2.57. The van der Waals surface area contributed by atoms with Crippen LogP contribution in [0.4, 0.5) is 17.1 Å². The number of benzene rings is 5. The number of ether oxygens (including phenoxy) is 1. The minimum atomic E-state index is 0.0445. The molecule has 5 aromatic carbocycles. The van der Waals surface area contributed by atoms with Gasteiger partial charge in [-0.3, -0.25) is 0 Å². The zero-order valence-corrected chi connectivity index (χ0v) is 32.2. The van der Waals surface area contributed by atoms with Gasteiger partial charge in [0.2, 0.25) is 0 Å². The van der Waals surface area contributed by atoms with Gasteiger partial charge in [0.25, 0.3) is 0 Å². The summed E-state index contributed by atoms with van der Waals surface area (Å²) in [7, 11) is 0. The molecule has 0 N–H and O–H groups in total. The van der Waals surface area contributed by atoms with Gasteiger partial charge in [0.1, 0.15) is 0 Å². The summed E-state index contributed by atoms with van der Waals surface area (Å²) >= 11 is 0. The Morgan fingerprint density at radius 2 is 0.740 bits per heavy atom. The highest BCUT2D eigenvalue weighted by Crippen LogP contribution is 2.63. The van der Waals surface area contributed by atoms with Crippen molar-refractivity contribution in [1.82, 2.24) is 0 Å². The molecular formula is C48H53NO. The third-order valence-corrected chi connectivity index (χ3v) is 15.3. The van der Waals surface area contributed by atoms with Crippen LogP contribution in [-0.4, -0.2) is 0 Å².